The number of aliphatic hydroxyl groups excluding tert-OH is 3. The normalized spacial score (nSPS) is 24.5. The number of esters is 1. The second kappa shape index (κ2) is 12.8. The van der Waals surface area contributed by atoms with Crippen molar-refractivity contribution in [1.29, 1.82) is 0 Å². The van der Waals surface area contributed by atoms with Crippen molar-refractivity contribution in [3.8, 4) is 5.75 Å². The summed E-state index contributed by atoms with van der Waals surface area (Å²) in [5.74, 6) is -0.907. The Morgan fingerprint density at radius 3 is 2.70 bits per heavy atom. The zero-order chi connectivity index (χ0) is 24.4. The van der Waals surface area contributed by atoms with Crippen LogP contribution in [0, 0.1) is 11.8 Å². The van der Waals surface area contributed by atoms with Crippen molar-refractivity contribution in [2.75, 3.05) is 13.7 Å². The molecule has 2 rings (SSSR count). The van der Waals surface area contributed by atoms with Crippen LogP contribution < -0.4 is 4.74 Å². The molecule has 184 valence electrons. The Labute approximate surface area is 191 Å². The Hall–Kier alpha value is -2.36. The van der Waals surface area contributed by atoms with Gasteiger partial charge < -0.3 is 24.8 Å². The third-order valence-corrected chi connectivity index (χ3v) is 5.61. The van der Waals surface area contributed by atoms with Crippen LogP contribution in [-0.2, 0) is 15.7 Å². The highest BCUT2D eigenvalue weighted by molar-refractivity contribution is 5.69. The minimum atomic E-state index is -4.48. The third kappa shape index (κ3) is 8.83. The van der Waals surface area contributed by atoms with Gasteiger partial charge in [-0.3, -0.25) is 4.79 Å². The molecule has 0 bridgehead atoms. The van der Waals surface area contributed by atoms with Gasteiger partial charge in [-0.2, -0.15) is 13.2 Å². The van der Waals surface area contributed by atoms with E-state index in [1.165, 1.54) is 25.3 Å². The molecule has 3 N–H and O–H groups in total. The van der Waals surface area contributed by atoms with Crippen molar-refractivity contribution in [2.24, 2.45) is 11.8 Å². The van der Waals surface area contributed by atoms with Crippen LogP contribution in [0.3, 0.4) is 0 Å². The number of unbranched alkanes of at least 4 members (excludes halogenated alkanes) is 1. The van der Waals surface area contributed by atoms with Gasteiger partial charge in [-0.1, -0.05) is 30.4 Å². The molecule has 1 aliphatic rings. The van der Waals surface area contributed by atoms with E-state index in [-0.39, 0.29) is 36.6 Å². The van der Waals surface area contributed by atoms with Gasteiger partial charge in [0.15, 0.2) is 0 Å². The lowest BCUT2D eigenvalue weighted by Crippen LogP contribution is -2.21. The van der Waals surface area contributed by atoms with Gasteiger partial charge in [0.05, 0.1) is 24.9 Å². The van der Waals surface area contributed by atoms with E-state index in [1.54, 1.807) is 6.08 Å². The van der Waals surface area contributed by atoms with E-state index in [4.69, 9.17) is 4.74 Å². The number of methoxy groups -OCH3 is 1. The third-order valence-electron chi connectivity index (χ3n) is 5.61. The van der Waals surface area contributed by atoms with Crippen LogP contribution in [0.1, 0.15) is 37.7 Å². The number of alkyl halides is 3. The molecule has 0 aliphatic heterocycles. The first-order valence-electron chi connectivity index (χ1n) is 10.9. The first-order chi connectivity index (χ1) is 15.6. The molecule has 0 saturated heterocycles. The molecule has 0 amide bonds. The molecule has 1 fully saturated rings. The van der Waals surface area contributed by atoms with Gasteiger partial charge in [-0.05, 0) is 43.4 Å². The number of benzene rings is 1. The number of hydrogen-bond acceptors (Lipinski definition) is 6. The Morgan fingerprint density at radius 1 is 1.24 bits per heavy atom. The van der Waals surface area contributed by atoms with Crippen LogP contribution in [0.2, 0.25) is 0 Å². The number of carbonyl (C=O) groups excluding carboxylic acids is 1. The van der Waals surface area contributed by atoms with E-state index in [2.05, 4.69) is 4.74 Å². The summed E-state index contributed by atoms with van der Waals surface area (Å²) in [6.45, 7) is -0.256. The van der Waals surface area contributed by atoms with Crippen LogP contribution in [-0.4, -0.2) is 53.3 Å². The van der Waals surface area contributed by atoms with E-state index >= 15 is 0 Å². The smallest absolute Gasteiger partial charge is 0.416 e. The molecule has 33 heavy (non-hydrogen) atoms. The molecule has 1 saturated carbocycles. The number of allylic oxidation sites excluding steroid dienone is 2. The molecule has 1 aromatic carbocycles. The number of rotatable bonds is 11. The average Bonchev–Trinajstić information content (AvgIpc) is 3.04. The van der Waals surface area contributed by atoms with Crippen molar-refractivity contribution < 1.29 is 42.8 Å². The fourth-order valence-corrected chi connectivity index (χ4v) is 3.80. The molecule has 1 aliphatic carbocycles. The first-order valence-corrected chi connectivity index (χ1v) is 10.9. The van der Waals surface area contributed by atoms with E-state index in [0.29, 0.717) is 25.7 Å². The van der Waals surface area contributed by atoms with Crippen molar-refractivity contribution in [2.45, 2.75) is 56.6 Å². The average molecular weight is 473 g/mol. The van der Waals surface area contributed by atoms with Gasteiger partial charge in [0.25, 0.3) is 0 Å². The fraction of sp³-hybridized carbons (Fsp3) is 0.542. The Morgan fingerprint density at radius 2 is 2.00 bits per heavy atom. The van der Waals surface area contributed by atoms with Gasteiger partial charge in [0, 0.05) is 18.8 Å². The number of halogens is 3. The van der Waals surface area contributed by atoms with Crippen LogP contribution in [0.4, 0.5) is 13.2 Å². The lowest BCUT2D eigenvalue weighted by molar-refractivity contribution is -0.140. The van der Waals surface area contributed by atoms with Crippen LogP contribution in [0.25, 0.3) is 0 Å². The summed E-state index contributed by atoms with van der Waals surface area (Å²) in [5.41, 5.74) is -0.839. The van der Waals surface area contributed by atoms with Crippen molar-refractivity contribution in [3.63, 3.8) is 0 Å². The lowest BCUT2D eigenvalue weighted by Gasteiger charge is -2.19. The fourth-order valence-electron chi connectivity index (χ4n) is 3.80. The molecule has 5 atom stereocenters. The zero-order valence-corrected chi connectivity index (χ0v) is 18.4. The second-order valence-corrected chi connectivity index (χ2v) is 8.08. The highest BCUT2D eigenvalue weighted by Crippen LogP contribution is 2.36. The predicted octanol–water partition coefficient (Wildman–Crippen LogP) is 3.65. The van der Waals surface area contributed by atoms with Gasteiger partial charge in [-0.15, -0.1) is 0 Å². The Balaban J connectivity index is 1.86. The molecule has 0 spiro atoms. The maximum atomic E-state index is 12.8. The highest BCUT2D eigenvalue weighted by atomic mass is 19.4. The summed E-state index contributed by atoms with van der Waals surface area (Å²) in [7, 11) is 1.34. The van der Waals surface area contributed by atoms with Crippen LogP contribution in [0.5, 0.6) is 5.75 Å². The van der Waals surface area contributed by atoms with E-state index < -0.39 is 30.1 Å². The Bertz CT molecular complexity index is 808. The first kappa shape index (κ1) is 26.9. The summed E-state index contributed by atoms with van der Waals surface area (Å²) in [6.07, 6.45) is 2.21. The highest BCUT2D eigenvalue weighted by Gasteiger charge is 2.39. The summed E-state index contributed by atoms with van der Waals surface area (Å²) < 4.78 is 48.2. The summed E-state index contributed by atoms with van der Waals surface area (Å²) >= 11 is 0. The molecule has 0 aromatic heterocycles. The van der Waals surface area contributed by atoms with E-state index in [0.717, 1.165) is 12.1 Å². The zero-order valence-electron chi connectivity index (χ0n) is 18.4. The van der Waals surface area contributed by atoms with Gasteiger partial charge in [0.2, 0.25) is 0 Å². The molecule has 9 heteroatoms. The maximum Gasteiger partial charge on any atom is 0.416 e. The lowest BCUT2D eigenvalue weighted by atomic mass is 9.89. The number of hydrogen-bond donors (Lipinski definition) is 3. The molecular weight excluding hydrogens is 441 g/mol. The predicted molar refractivity (Wildman–Crippen MR) is 115 cm³/mol. The van der Waals surface area contributed by atoms with Crippen molar-refractivity contribution in [3.05, 3.63) is 54.1 Å². The summed E-state index contributed by atoms with van der Waals surface area (Å²) in [5, 5.41) is 30.7. The molecule has 0 heterocycles. The van der Waals surface area contributed by atoms with Crippen LogP contribution >= 0.6 is 0 Å². The van der Waals surface area contributed by atoms with Crippen molar-refractivity contribution in [1.82, 2.24) is 0 Å². The molecule has 0 radical (unpaired) electrons. The number of aliphatic hydroxyl groups is 3. The monoisotopic (exact) mass is 472 g/mol. The standard InChI is InChI=1S/C24H31F3O6/c1-32-23(31)10-5-3-2-4-9-19-20(22(30)14-21(19)29)12-11-17(28)15-33-18-8-6-7-16(13-18)24(25,26)27/h2,4,6-8,11-13,17,19-22,28-30H,3,5,9-10,14-15H2,1H3/b4-2+,12-11+/t17-,19-,20-,21+,22-/m1/s1. The topological polar surface area (TPSA) is 96.2 Å². The molecular formula is C24H31F3O6. The minimum absolute atomic E-state index is 0.0104. The second-order valence-electron chi connectivity index (χ2n) is 8.08. The van der Waals surface area contributed by atoms with Gasteiger partial charge in [-0.25, -0.2) is 0 Å². The summed E-state index contributed by atoms with van der Waals surface area (Å²) in [4.78, 5) is 11.1. The van der Waals surface area contributed by atoms with Crippen LogP contribution in [0.15, 0.2) is 48.6 Å². The molecule has 1 aromatic rings. The SMILES string of the molecule is COC(=O)CCC/C=C/C[C@@H]1[C@@H](/C=C/[C@@H](O)COc2cccc(C(F)(F)F)c2)[C@H](O)C[C@@H]1O. The van der Waals surface area contributed by atoms with Crippen molar-refractivity contribution >= 4 is 5.97 Å². The van der Waals surface area contributed by atoms with E-state index in [1.807, 2.05) is 12.2 Å². The van der Waals surface area contributed by atoms with E-state index in [9.17, 15) is 33.3 Å². The maximum absolute atomic E-state index is 12.8. The minimum Gasteiger partial charge on any atom is -0.491 e. The molecule has 6 nitrogen and oxygen atoms in total. The largest absolute Gasteiger partial charge is 0.491 e. The quantitative estimate of drug-likeness (QED) is 0.259. The number of carbonyl (C=O) groups is 1. The Kier molecular flexibility index (Phi) is 10.4. The molecule has 0 unspecified atom stereocenters. The van der Waals surface area contributed by atoms with Gasteiger partial charge in [0.1, 0.15) is 18.5 Å². The summed E-state index contributed by atoms with van der Waals surface area (Å²) in [6, 6.07) is 4.39. The van der Waals surface area contributed by atoms with Gasteiger partial charge >= 0.3 is 12.1 Å². The number of ether oxygens (including phenoxy) is 2.